The molecule has 0 bridgehead atoms. The van der Waals surface area contributed by atoms with E-state index in [-0.39, 0.29) is 25.7 Å². The lowest BCUT2D eigenvalue weighted by molar-refractivity contribution is -0.536. The predicted octanol–water partition coefficient (Wildman–Crippen LogP) is 4.60. The van der Waals surface area contributed by atoms with E-state index in [1.165, 1.54) is 37.0 Å². The Hall–Kier alpha value is -2.19. The van der Waals surface area contributed by atoms with E-state index in [9.17, 15) is 20.0 Å². The molecule has 0 spiro atoms. The van der Waals surface area contributed by atoms with Crippen LogP contribution in [0.1, 0.15) is 71.3 Å². The maximum atomic E-state index is 13.1. The lowest BCUT2D eigenvalue weighted by Crippen LogP contribution is -2.61. The summed E-state index contributed by atoms with van der Waals surface area (Å²) in [6.07, 6.45) is 6.17. The van der Waals surface area contributed by atoms with Crippen LogP contribution in [0.4, 0.5) is 4.79 Å². The summed E-state index contributed by atoms with van der Waals surface area (Å²) in [6, 6.07) is 6.95. The van der Waals surface area contributed by atoms with Crippen molar-refractivity contribution < 1.29 is 24.3 Å². The van der Waals surface area contributed by atoms with Crippen molar-refractivity contribution in [1.29, 1.82) is 0 Å². The molecular weight excluding hydrogens is 436 g/mol. The van der Waals surface area contributed by atoms with E-state index in [0.717, 1.165) is 18.4 Å². The highest BCUT2D eigenvalue weighted by Crippen LogP contribution is 2.30. The SMILES string of the molecule is CC(C)(C)OC(=O)N1CC(CCC2CCCCC2)OCC1C(O)C(Cc1ccccc1)[N+](=O)[O-]. The van der Waals surface area contributed by atoms with Gasteiger partial charge in [0.25, 0.3) is 0 Å². The predicted molar refractivity (Wildman–Crippen MR) is 129 cm³/mol. The van der Waals surface area contributed by atoms with Gasteiger partial charge in [0.15, 0.2) is 0 Å². The first-order valence-electron chi connectivity index (χ1n) is 12.6. The third-order valence-corrected chi connectivity index (χ3v) is 6.90. The number of aliphatic hydroxyl groups is 1. The molecule has 1 amide bonds. The Morgan fingerprint density at radius 2 is 1.88 bits per heavy atom. The van der Waals surface area contributed by atoms with Crippen molar-refractivity contribution in [3.8, 4) is 0 Å². The summed E-state index contributed by atoms with van der Waals surface area (Å²) in [6.45, 7) is 5.67. The zero-order valence-electron chi connectivity index (χ0n) is 20.7. The first-order valence-corrected chi connectivity index (χ1v) is 12.6. The molecule has 0 aromatic heterocycles. The van der Waals surface area contributed by atoms with Crippen molar-refractivity contribution in [3.63, 3.8) is 0 Å². The maximum absolute atomic E-state index is 13.1. The molecule has 34 heavy (non-hydrogen) atoms. The summed E-state index contributed by atoms with van der Waals surface area (Å²) in [7, 11) is 0. The molecule has 1 aliphatic carbocycles. The lowest BCUT2D eigenvalue weighted by atomic mass is 9.85. The van der Waals surface area contributed by atoms with E-state index in [1.807, 2.05) is 18.2 Å². The van der Waals surface area contributed by atoms with E-state index < -0.39 is 34.8 Å². The first-order chi connectivity index (χ1) is 16.1. The minimum Gasteiger partial charge on any atom is -0.444 e. The van der Waals surface area contributed by atoms with Gasteiger partial charge < -0.3 is 14.6 Å². The van der Waals surface area contributed by atoms with Gasteiger partial charge in [-0.1, -0.05) is 62.4 Å². The summed E-state index contributed by atoms with van der Waals surface area (Å²) in [5.41, 5.74) is 0.0452. The summed E-state index contributed by atoms with van der Waals surface area (Å²) < 4.78 is 11.7. The second-order valence-electron chi connectivity index (χ2n) is 10.8. The molecule has 190 valence electrons. The Balaban J connectivity index is 1.72. The highest BCUT2D eigenvalue weighted by Gasteiger charge is 2.45. The average Bonchev–Trinajstić information content (AvgIpc) is 2.80. The lowest BCUT2D eigenvalue weighted by Gasteiger charge is -2.42. The van der Waals surface area contributed by atoms with Gasteiger partial charge in [0, 0.05) is 11.3 Å². The normalized spacial score (nSPS) is 23.8. The van der Waals surface area contributed by atoms with Gasteiger partial charge in [0.05, 0.1) is 25.3 Å². The van der Waals surface area contributed by atoms with Crippen LogP contribution >= 0.6 is 0 Å². The van der Waals surface area contributed by atoms with Crippen molar-refractivity contribution in [2.75, 3.05) is 13.2 Å². The number of aliphatic hydroxyl groups excluding tert-OH is 1. The number of carbonyl (C=O) groups excluding carboxylic acids is 1. The number of morpholine rings is 1. The van der Waals surface area contributed by atoms with Crippen LogP contribution in [-0.2, 0) is 15.9 Å². The van der Waals surface area contributed by atoms with E-state index >= 15 is 0 Å². The van der Waals surface area contributed by atoms with Gasteiger partial charge in [0.2, 0.25) is 6.04 Å². The number of hydrogen-bond acceptors (Lipinski definition) is 6. The fourth-order valence-electron chi connectivity index (χ4n) is 5.05. The summed E-state index contributed by atoms with van der Waals surface area (Å²) in [5.74, 6) is 0.695. The Morgan fingerprint density at radius 1 is 1.21 bits per heavy atom. The van der Waals surface area contributed by atoms with Gasteiger partial charge >= 0.3 is 6.09 Å². The molecule has 1 saturated carbocycles. The zero-order chi connectivity index (χ0) is 24.7. The number of amides is 1. The summed E-state index contributed by atoms with van der Waals surface area (Å²) in [4.78, 5) is 26.0. The van der Waals surface area contributed by atoms with Crippen LogP contribution in [0.2, 0.25) is 0 Å². The fraction of sp³-hybridized carbons (Fsp3) is 0.731. The Kier molecular flexibility index (Phi) is 9.31. The van der Waals surface area contributed by atoms with Crippen molar-refractivity contribution in [3.05, 3.63) is 46.0 Å². The molecule has 2 fully saturated rings. The minimum absolute atomic E-state index is 0.0505. The van der Waals surface area contributed by atoms with Gasteiger partial charge in [-0.2, -0.15) is 0 Å². The molecule has 1 N–H and O–H groups in total. The van der Waals surface area contributed by atoms with Crippen LogP contribution in [0.15, 0.2) is 30.3 Å². The number of benzene rings is 1. The van der Waals surface area contributed by atoms with E-state index in [4.69, 9.17) is 9.47 Å². The molecule has 4 unspecified atom stereocenters. The largest absolute Gasteiger partial charge is 0.444 e. The van der Waals surface area contributed by atoms with Crippen LogP contribution in [0.5, 0.6) is 0 Å². The number of carbonyl (C=O) groups is 1. The van der Waals surface area contributed by atoms with E-state index in [2.05, 4.69) is 0 Å². The second kappa shape index (κ2) is 12.0. The quantitative estimate of drug-likeness (QED) is 0.435. The van der Waals surface area contributed by atoms with Crippen LogP contribution in [0, 0.1) is 16.0 Å². The first kappa shape index (κ1) is 26.4. The van der Waals surface area contributed by atoms with Crippen molar-refractivity contribution >= 4 is 6.09 Å². The number of nitrogens with zero attached hydrogens (tertiary/aromatic N) is 2. The average molecular weight is 477 g/mol. The van der Waals surface area contributed by atoms with Gasteiger partial charge in [-0.15, -0.1) is 0 Å². The molecule has 1 aromatic carbocycles. The molecule has 1 aliphatic heterocycles. The molecule has 1 aromatic rings. The number of rotatable bonds is 8. The zero-order valence-corrected chi connectivity index (χ0v) is 20.7. The Morgan fingerprint density at radius 3 is 2.50 bits per heavy atom. The molecule has 2 aliphatic rings. The molecule has 0 radical (unpaired) electrons. The summed E-state index contributed by atoms with van der Waals surface area (Å²) >= 11 is 0. The van der Waals surface area contributed by atoms with Gasteiger partial charge in [-0.25, -0.2) is 4.79 Å². The van der Waals surface area contributed by atoms with Crippen LogP contribution in [0.3, 0.4) is 0 Å². The third kappa shape index (κ3) is 7.67. The molecule has 1 heterocycles. The molecule has 1 saturated heterocycles. The third-order valence-electron chi connectivity index (χ3n) is 6.90. The second-order valence-corrected chi connectivity index (χ2v) is 10.8. The Labute approximate surface area is 202 Å². The number of ether oxygens (including phenoxy) is 2. The van der Waals surface area contributed by atoms with Crippen LogP contribution in [-0.4, -0.2) is 64.1 Å². The minimum atomic E-state index is -1.39. The van der Waals surface area contributed by atoms with E-state index in [0.29, 0.717) is 5.92 Å². The number of nitro groups is 1. The van der Waals surface area contributed by atoms with E-state index in [1.54, 1.807) is 32.9 Å². The summed E-state index contributed by atoms with van der Waals surface area (Å²) in [5, 5.41) is 23.0. The number of hydrogen-bond donors (Lipinski definition) is 1. The maximum Gasteiger partial charge on any atom is 0.410 e. The molecule has 3 rings (SSSR count). The van der Waals surface area contributed by atoms with Gasteiger partial charge in [-0.3, -0.25) is 15.0 Å². The fourth-order valence-corrected chi connectivity index (χ4v) is 5.05. The molecule has 8 nitrogen and oxygen atoms in total. The molecule has 8 heteroatoms. The topological polar surface area (TPSA) is 102 Å². The standard InChI is InChI=1S/C26H40N2O6/c1-26(2,3)34-25(30)27-17-21(15-14-19-10-6-4-7-11-19)33-18-23(27)24(29)22(28(31)32)16-20-12-8-5-9-13-20/h5,8-9,12-13,19,21-24,29H,4,6-7,10-11,14-18H2,1-3H3. The van der Waals surface area contributed by atoms with Gasteiger partial charge in [0.1, 0.15) is 11.7 Å². The van der Waals surface area contributed by atoms with Crippen molar-refractivity contribution in [1.82, 2.24) is 4.90 Å². The Bertz CT molecular complexity index is 790. The van der Waals surface area contributed by atoms with Crippen molar-refractivity contribution in [2.45, 2.75) is 102 Å². The molecular formula is C26H40N2O6. The molecule has 4 atom stereocenters. The monoisotopic (exact) mass is 476 g/mol. The highest BCUT2D eigenvalue weighted by atomic mass is 16.6. The van der Waals surface area contributed by atoms with Crippen LogP contribution in [0.25, 0.3) is 0 Å². The van der Waals surface area contributed by atoms with Crippen LogP contribution < -0.4 is 0 Å². The smallest absolute Gasteiger partial charge is 0.410 e. The van der Waals surface area contributed by atoms with Crippen molar-refractivity contribution in [2.24, 2.45) is 5.92 Å². The van der Waals surface area contributed by atoms with Gasteiger partial charge in [-0.05, 0) is 45.1 Å². The highest BCUT2D eigenvalue weighted by molar-refractivity contribution is 5.69.